The standard InChI is InChI=1S/C22H28FN3O2/c1-5-26(13-18-10-7-11-19(23)12-18)21(28)15-25(4)14-20(27)24-22-16(2)8-6-9-17(22)3/h6-12H,5,13-15H2,1-4H3,(H,24,27)/p+1. The Morgan fingerprint density at radius 2 is 1.71 bits per heavy atom. The number of aryl methyl sites for hydroxylation is 2. The molecule has 1 unspecified atom stereocenters. The summed E-state index contributed by atoms with van der Waals surface area (Å²) >= 11 is 0. The van der Waals surface area contributed by atoms with E-state index in [1.165, 1.54) is 12.1 Å². The van der Waals surface area contributed by atoms with E-state index in [4.69, 9.17) is 0 Å². The van der Waals surface area contributed by atoms with Crippen LogP contribution in [0, 0.1) is 19.7 Å². The van der Waals surface area contributed by atoms with Gasteiger partial charge in [-0.25, -0.2) is 4.39 Å². The number of hydrogen-bond donors (Lipinski definition) is 2. The zero-order valence-electron chi connectivity index (χ0n) is 17.0. The van der Waals surface area contributed by atoms with E-state index < -0.39 is 0 Å². The summed E-state index contributed by atoms with van der Waals surface area (Å²) < 4.78 is 13.4. The highest BCUT2D eigenvalue weighted by Crippen LogP contribution is 2.18. The van der Waals surface area contributed by atoms with Crippen LogP contribution in [0.1, 0.15) is 23.6 Å². The van der Waals surface area contributed by atoms with Crippen molar-refractivity contribution in [1.29, 1.82) is 0 Å². The predicted molar refractivity (Wildman–Crippen MR) is 109 cm³/mol. The fourth-order valence-electron chi connectivity index (χ4n) is 3.13. The van der Waals surface area contributed by atoms with Crippen molar-refractivity contribution in [2.24, 2.45) is 0 Å². The van der Waals surface area contributed by atoms with Crippen LogP contribution >= 0.6 is 0 Å². The third kappa shape index (κ3) is 6.16. The summed E-state index contributed by atoms with van der Waals surface area (Å²) in [5.74, 6) is -0.507. The van der Waals surface area contributed by atoms with Crippen molar-refractivity contribution in [2.75, 3.05) is 32.0 Å². The molecule has 2 rings (SSSR count). The summed E-state index contributed by atoms with van der Waals surface area (Å²) in [6.07, 6.45) is 0. The molecule has 2 aromatic carbocycles. The maximum Gasteiger partial charge on any atom is 0.279 e. The number of nitrogens with one attached hydrogen (secondary N) is 2. The molecule has 0 spiro atoms. The molecule has 150 valence electrons. The van der Waals surface area contributed by atoms with Crippen molar-refractivity contribution in [3.63, 3.8) is 0 Å². The summed E-state index contributed by atoms with van der Waals surface area (Å²) in [5, 5.41) is 2.95. The lowest BCUT2D eigenvalue weighted by molar-refractivity contribution is -0.862. The molecule has 2 aromatic rings. The van der Waals surface area contributed by atoms with Gasteiger partial charge in [-0.3, -0.25) is 9.59 Å². The summed E-state index contributed by atoms with van der Waals surface area (Å²) in [6.45, 7) is 7.06. The maximum absolute atomic E-state index is 13.4. The van der Waals surface area contributed by atoms with Crippen molar-refractivity contribution in [2.45, 2.75) is 27.3 Å². The fourth-order valence-corrected chi connectivity index (χ4v) is 3.13. The van der Waals surface area contributed by atoms with Gasteiger partial charge in [0.05, 0.1) is 7.05 Å². The van der Waals surface area contributed by atoms with E-state index in [0.717, 1.165) is 27.3 Å². The second kappa shape index (κ2) is 9.99. The number of carbonyl (C=O) groups is 2. The number of para-hydroxylation sites is 1. The molecule has 0 aromatic heterocycles. The quantitative estimate of drug-likeness (QED) is 0.729. The first-order valence-electron chi connectivity index (χ1n) is 9.49. The Hall–Kier alpha value is -2.73. The van der Waals surface area contributed by atoms with E-state index in [9.17, 15) is 14.0 Å². The number of rotatable bonds is 8. The van der Waals surface area contributed by atoms with Crippen molar-refractivity contribution in [1.82, 2.24) is 4.90 Å². The second-order valence-corrected chi connectivity index (χ2v) is 7.16. The second-order valence-electron chi connectivity index (χ2n) is 7.16. The molecule has 28 heavy (non-hydrogen) atoms. The molecule has 5 nitrogen and oxygen atoms in total. The van der Waals surface area contributed by atoms with E-state index in [-0.39, 0.29) is 30.7 Å². The van der Waals surface area contributed by atoms with Gasteiger partial charge in [0.15, 0.2) is 13.1 Å². The first-order chi connectivity index (χ1) is 13.3. The van der Waals surface area contributed by atoms with Gasteiger partial charge < -0.3 is 15.1 Å². The number of benzene rings is 2. The summed E-state index contributed by atoms with van der Waals surface area (Å²) in [6, 6.07) is 12.1. The lowest BCUT2D eigenvalue weighted by Crippen LogP contribution is -3.11. The molecule has 0 bridgehead atoms. The van der Waals surface area contributed by atoms with Crippen LogP contribution in [0.25, 0.3) is 0 Å². The SMILES string of the molecule is CCN(Cc1cccc(F)c1)C(=O)C[NH+](C)CC(=O)Nc1c(C)cccc1C. The van der Waals surface area contributed by atoms with Gasteiger partial charge in [0.25, 0.3) is 11.8 Å². The smallest absolute Gasteiger partial charge is 0.279 e. The molecular weight excluding hydrogens is 357 g/mol. The Morgan fingerprint density at radius 1 is 1.07 bits per heavy atom. The maximum atomic E-state index is 13.4. The summed E-state index contributed by atoms with van der Waals surface area (Å²) in [5.41, 5.74) is 3.59. The number of nitrogens with zero attached hydrogens (tertiary/aromatic N) is 1. The Balaban J connectivity index is 1.90. The van der Waals surface area contributed by atoms with Crippen LogP contribution in [-0.2, 0) is 16.1 Å². The summed E-state index contributed by atoms with van der Waals surface area (Å²) in [7, 11) is 1.82. The van der Waals surface area contributed by atoms with Gasteiger partial charge in [0.2, 0.25) is 0 Å². The molecule has 0 aliphatic heterocycles. The van der Waals surface area contributed by atoms with Gasteiger partial charge in [-0.1, -0.05) is 30.3 Å². The molecule has 0 saturated carbocycles. The van der Waals surface area contributed by atoms with E-state index in [2.05, 4.69) is 5.32 Å². The number of hydrogen-bond acceptors (Lipinski definition) is 2. The first kappa shape index (κ1) is 21.6. The van der Waals surface area contributed by atoms with E-state index in [1.54, 1.807) is 17.0 Å². The molecule has 2 amide bonds. The zero-order chi connectivity index (χ0) is 20.7. The molecule has 2 N–H and O–H groups in total. The van der Waals surface area contributed by atoms with Crippen LogP contribution in [0.4, 0.5) is 10.1 Å². The normalized spacial score (nSPS) is 11.8. The number of quaternary nitrogens is 1. The summed E-state index contributed by atoms with van der Waals surface area (Å²) in [4.78, 5) is 27.4. The average Bonchev–Trinajstić information content (AvgIpc) is 2.62. The van der Waals surface area contributed by atoms with E-state index in [1.807, 2.05) is 46.0 Å². The van der Waals surface area contributed by atoms with Crippen LogP contribution in [0.3, 0.4) is 0 Å². The molecule has 6 heteroatoms. The third-order valence-corrected chi connectivity index (χ3v) is 4.66. The lowest BCUT2D eigenvalue weighted by atomic mass is 10.1. The minimum absolute atomic E-state index is 0.0656. The highest BCUT2D eigenvalue weighted by molar-refractivity contribution is 5.93. The Bertz CT molecular complexity index is 818. The Morgan fingerprint density at radius 3 is 2.32 bits per heavy atom. The van der Waals surface area contributed by atoms with E-state index in [0.29, 0.717) is 13.1 Å². The van der Waals surface area contributed by atoms with Crippen LogP contribution in [0.5, 0.6) is 0 Å². The molecule has 0 aliphatic rings. The average molecular weight is 386 g/mol. The fraction of sp³-hybridized carbons (Fsp3) is 0.364. The van der Waals surface area contributed by atoms with Crippen LogP contribution in [-0.4, -0.2) is 43.4 Å². The molecular formula is C22H29FN3O2+. The van der Waals surface area contributed by atoms with Gasteiger partial charge in [0, 0.05) is 18.8 Å². The van der Waals surface area contributed by atoms with Gasteiger partial charge in [-0.15, -0.1) is 0 Å². The van der Waals surface area contributed by atoms with Crippen molar-refractivity contribution in [3.05, 3.63) is 65.0 Å². The van der Waals surface area contributed by atoms with Crippen LogP contribution in [0.2, 0.25) is 0 Å². The van der Waals surface area contributed by atoms with Gasteiger partial charge >= 0.3 is 0 Å². The number of amides is 2. The Labute approximate surface area is 166 Å². The molecule has 0 fully saturated rings. The number of anilines is 1. The number of likely N-dealkylation sites (N-methyl/N-ethyl adjacent to an activating group) is 2. The third-order valence-electron chi connectivity index (χ3n) is 4.66. The van der Waals surface area contributed by atoms with Crippen LogP contribution < -0.4 is 10.2 Å². The monoisotopic (exact) mass is 386 g/mol. The van der Waals surface area contributed by atoms with Crippen molar-refractivity contribution >= 4 is 17.5 Å². The Kier molecular flexibility index (Phi) is 7.70. The number of carbonyl (C=O) groups excluding carboxylic acids is 2. The van der Waals surface area contributed by atoms with Crippen molar-refractivity contribution < 1.29 is 18.9 Å². The highest BCUT2D eigenvalue weighted by Gasteiger charge is 2.19. The van der Waals surface area contributed by atoms with E-state index >= 15 is 0 Å². The van der Waals surface area contributed by atoms with Gasteiger partial charge in [-0.05, 0) is 49.6 Å². The molecule has 1 atom stereocenters. The highest BCUT2D eigenvalue weighted by atomic mass is 19.1. The molecule has 0 aliphatic carbocycles. The largest absolute Gasteiger partial charge is 0.334 e. The lowest BCUT2D eigenvalue weighted by Gasteiger charge is -2.23. The van der Waals surface area contributed by atoms with Gasteiger partial charge in [-0.2, -0.15) is 0 Å². The predicted octanol–water partition coefficient (Wildman–Crippen LogP) is 1.94. The van der Waals surface area contributed by atoms with Crippen molar-refractivity contribution in [3.8, 4) is 0 Å². The van der Waals surface area contributed by atoms with Crippen LogP contribution in [0.15, 0.2) is 42.5 Å². The molecule has 0 radical (unpaired) electrons. The molecule has 0 saturated heterocycles. The minimum Gasteiger partial charge on any atom is -0.334 e. The number of halogens is 1. The molecule has 0 heterocycles. The zero-order valence-corrected chi connectivity index (χ0v) is 17.0. The minimum atomic E-state index is -0.313. The first-order valence-corrected chi connectivity index (χ1v) is 9.49. The topological polar surface area (TPSA) is 53.9 Å². The van der Waals surface area contributed by atoms with Gasteiger partial charge in [0.1, 0.15) is 5.82 Å².